The molecule has 8 heteroatoms. The molecule has 0 aromatic rings. The van der Waals surface area contributed by atoms with Crippen LogP contribution in [0.3, 0.4) is 0 Å². The molecule has 2 amide bonds. The summed E-state index contributed by atoms with van der Waals surface area (Å²) in [6.07, 6.45) is 0.719. The third-order valence-electron chi connectivity index (χ3n) is 3.31. The number of esters is 2. The van der Waals surface area contributed by atoms with Gasteiger partial charge in [-0.1, -0.05) is 6.92 Å². The average molecular weight is 300 g/mol. The Kier molecular flexibility index (Phi) is 6.13. The topological polar surface area (TPSA) is 111 Å². The van der Waals surface area contributed by atoms with Gasteiger partial charge >= 0.3 is 11.9 Å². The van der Waals surface area contributed by atoms with Crippen LogP contribution in [0.1, 0.15) is 26.2 Å². The first-order valence-corrected chi connectivity index (χ1v) is 6.64. The smallest absolute Gasteiger partial charge is 0.328 e. The van der Waals surface area contributed by atoms with Crippen molar-refractivity contribution in [2.75, 3.05) is 14.2 Å². The van der Waals surface area contributed by atoms with Gasteiger partial charge in [-0.3, -0.25) is 14.4 Å². The van der Waals surface area contributed by atoms with Crippen molar-refractivity contribution in [3.05, 3.63) is 0 Å². The van der Waals surface area contributed by atoms with E-state index in [0.717, 1.165) is 0 Å². The fourth-order valence-electron chi connectivity index (χ4n) is 2.09. The van der Waals surface area contributed by atoms with Crippen LogP contribution in [0.4, 0.5) is 0 Å². The predicted octanol–water partition coefficient (Wildman–Crippen LogP) is -0.878. The SMILES string of the molecule is COC(=O)[C@H](C)C[C@@H](NC(=O)[C@@H]1CCC(=O)N1)C(=O)OC. The van der Waals surface area contributed by atoms with Crippen LogP contribution in [0.25, 0.3) is 0 Å². The van der Waals surface area contributed by atoms with Crippen LogP contribution < -0.4 is 10.6 Å². The van der Waals surface area contributed by atoms with Gasteiger partial charge in [-0.15, -0.1) is 0 Å². The van der Waals surface area contributed by atoms with E-state index in [1.54, 1.807) is 6.92 Å². The maximum atomic E-state index is 12.0. The fourth-order valence-corrected chi connectivity index (χ4v) is 2.09. The molecular formula is C13H20N2O6. The van der Waals surface area contributed by atoms with Crippen molar-refractivity contribution in [2.24, 2.45) is 5.92 Å². The van der Waals surface area contributed by atoms with E-state index in [0.29, 0.717) is 6.42 Å². The van der Waals surface area contributed by atoms with Crippen molar-refractivity contribution in [3.8, 4) is 0 Å². The minimum absolute atomic E-state index is 0.0613. The van der Waals surface area contributed by atoms with Gasteiger partial charge in [0.05, 0.1) is 20.1 Å². The minimum atomic E-state index is -0.964. The Morgan fingerprint density at radius 1 is 1.29 bits per heavy atom. The Hall–Kier alpha value is -2.12. The molecule has 21 heavy (non-hydrogen) atoms. The van der Waals surface area contributed by atoms with Gasteiger partial charge in [-0.05, 0) is 12.8 Å². The molecule has 118 valence electrons. The number of methoxy groups -OCH3 is 2. The highest BCUT2D eigenvalue weighted by Crippen LogP contribution is 2.11. The molecule has 0 saturated carbocycles. The van der Waals surface area contributed by atoms with Crippen LogP contribution in [-0.4, -0.2) is 50.1 Å². The number of carbonyl (C=O) groups is 4. The molecule has 0 spiro atoms. The minimum Gasteiger partial charge on any atom is -0.469 e. The molecule has 1 heterocycles. The lowest BCUT2D eigenvalue weighted by Gasteiger charge is -2.21. The molecule has 0 unspecified atom stereocenters. The highest BCUT2D eigenvalue weighted by atomic mass is 16.5. The average Bonchev–Trinajstić information content (AvgIpc) is 2.91. The van der Waals surface area contributed by atoms with E-state index >= 15 is 0 Å². The Morgan fingerprint density at radius 2 is 1.90 bits per heavy atom. The van der Waals surface area contributed by atoms with Gasteiger partial charge in [0.1, 0.15) is 12.1 Å². The molecule has 2 N–H and O–H groups in total. The van der Waals surface area contributed by atoms with Gasteiger partial charge in [0.15, 0.2) is 0 Å². The summed E-state index contributed by atoms with van der Waals surface area (Å²) >= 11 is 0. The van der Waals surface area contributed by atoms with Crippen molar-refractivity contribution in [1.82, 2.24) is 10.6 Å². The zero-order chi connectivity index (χ0) is 16.0. The third-order valence-corrected chi connectivity index (χ3v) is 3.31. The molecule has 0 radical (unpaired) electrons. The lowest BCUT2D eigenvalue weighted by atomic mass is 10.0. The Morgan fingerprint density at radius 3 is 2.38 bits per heavy atom. The second-order valence-corrected chi connectivity index (χ2v) is 4.90. The van der Waals surface area contributed by atoms with E-state index in [1.807, 2.05) is 0 Å². The third kappa shape index (κ3) is 4.73. The number of hydrogen-bond acceptors (Lipinski definition) is 6. The maximum absolute atomic E-state index is 12.0. The van der Waals surface area contributed by atoms with E-state index in [-0.39, 0.29) is 18.7 Å². The molecule has 1 aliphatic heterocycles. The van der Waals surface area contributed by atoms with E-state index in [2.05, 4.69) is 20.1 Å². The van der Waals surface area contributed by atoms with E-state index in [4.69, 9.17) is 0 Å². The lowest BCUT2D eigenvalue weighted by molar-refractivity contribution is -0.149. The summed E-state index contributed by atoms with van der Waals surface area (Å²) in [6.45, 7) is 1.59. The Balaban J connectivity index is 2.65. The largest absolute Gasteiger partial charge is 0.469 e. The summed E-state index contributed by atoms with van der Waals surface area (Å²) in [5.41, 5.74) is 0. The zero-order valence-electron chi connectivity index (χ0n) is 12.3. The monoisotopic (exact) mass is 300 g/mol. The molecule has 1 fully saturated rings. The molecule has 0 aromatic carbocycles. The first-order valence-electron chi connectivity index (χ1n) is 6.64. The molecule has 8 nitrogen and oxygen atoms in total. The van der Waals surface area contributed by atoms with Crippen molar-refractivity contribution < 1.29 is 28.7 Å². The standard InChI is InChI=1S/C13H20N2O6/c1-7(12(18)20-2)6-9(13(19)21-3)15-11(17)8-4-5-10(16)14-8/h7-9H,4-6H2,1-3H3,(H,14,16)(H,15,17)/t7-,8+,9-/m1/s1. The highest BCUT2D eigenvalue weighted by molar-refractivity contribution is 5.93. The van der Waals surface area contributed by atoms with Crippen LogP contribution in [0.2, 0.25) is 0 Å². The Labute approximate surface area is 122 Å². The number of amides is 2. The van der Waals surface area contributed by atoms with Gasteiger partial charge in [0, 0.05) is 6.42 Å². The fraction of sp³-hybridized carbons (Fsp3) is 0.692. The summed E-state index contributed by atoms with van der Waals surface area (Å²) in [6, 6.07) is -1.62. The van der Waals surface area contributed by atoms with E-state index in [1.165, 1.54) is 14.2 Å². The molecule has 0 aliphatic carbocycles. The molecule has 0 bridgehead atoms. The van der Waals surface area contributed by atoms with Crippen molar-refractivity contribution in [3.63, 3.8) is 0 Å². The predicted molar refractivity (Wildman–Crippen MR) is 70.9 cm³/mol. The maximum Gasteiger partial charge on any atom is 0.328 e. The van der Waals surface area contributed by atoms with Gasteiger partial charge in [0.25, 0.3) is 0 Å². The number of rotatable bonds is 6. The van der Waals surface area contributed by atoms with Crippen molar-refractivity contribution in [2.45, 2.75) is 38.3 Å². The summed E-state index contributed by atoms with van der Waals surface area (Å²) in [5, 5.41) is 5.01. The number of carbonyl (C=O) groups excluding carboxylic acids is 4. The summed E-state index contributed by atoms with van der Waals surface area (Å²) < 4.78 is 9.20. The highest BCUT2D eigenvalue weighted by Gasteiger charge is 2.32. The lowest BCUT2D eigenvalue weighted by Crippen LogP contribution is -2.50. The number of nitrogens with one attached hydrogen (secondary N) is 2. The van der Waals surface area contributed by atoms with Crippen LogP contribution >= 0.6 is 0 Å². The van der Waals surface area contributed by atoms with Crippen molar-refractivity contribution in [1.29, 1.82) is 0 Å². The van der Waals surface area contributed by atoms with Crippen molar-refractivity contribution >= 4 is 23.8 Å². The molecule has 0 aromatic heterocycles. The Bertz CT molecular complexity index is 436. The van der Waals surface area contributed by atoms with Gasteiger partial charge < -0.3 is 20.1 Å². The summed E-state index contributed by atoms with van der Waals surface area (Å²) in [7, 11) is 2.44. The van der Waals surface area contributed by atoms with Crippen LogP contribution in [0.15, 0.2) is 0 Å². The summed E-state index contributed by atoms with van der Waals surface area (Å²) in [4.78, 5) is 46.2. The van der Waals surface area contributed by atoms with Gasteiger partial charge in [-0.25, -0.2) is 4.79 Å². The zero-order valence-corrected chi connectivity index (χ0v) is 12.3. The quantitative estimate of drug-likeness (QED) is 0.616. The second-order valence-electron chi connectivity index (χ2n) is 4.90. The molecular weight excluding hydrogens is 280 g/mol. The second kappa shape index (κ2) is 7.61. The van der Waals surface area contributed by atoms with Crippen LogP contribution in [0, 0.1) is 5.92 Å². The molecule has 1 aliphatic rings. The van der Waals surface area contributed by atoms with Crippen LogP contribution in [-0.2, 0) is 28.7 Å². The first kappa shape index (κ1) is 16.9. The van der Waals surface area contributed by atoms with Gasteiger partial charge in [0.2, 0.25) is 11.8 Å². The van der Waals surface area contributed by atoms with Crippen LogP contribution in [0.5, 0.6) is 0 Å². The van der Waals surface area contributed by atoms with E-state index < -0.39 is 35.8 Å². The number of hydrogen-bond donors (Lipinski definition) is 2. The molecule has 1 rings (SSSR count). The normalized spacial score (nSPS) is 20.1. The molecule has 1 saturated heterocycles. The van der Waals surface area contributed by atoms with Gasteiger partial charge in [-0.2, -0.15) is 0 Å². The summed E-state index contributed by atoms with van der Waals surface area (Å²) in [5.74, 6) is -2.37. The number of ether oxygens (including phenoxy) is 2. The van der Waals surface area contributed by atoms with E-state index in [9.17, 15) is 19.2 Å². The first-order chi connectivity index (χ1) is 9.88. The molecule has 3 atom stereocenters.